The van der Waals surface area contributed by atoms with Gasteiger partial charge in [-0.1, -0.05) is 36.0 Å². The number of hydrogen-bond donors (Lipinski definition) is 1. The van der Waals surface area contributed by atoms with E-state index in [-0.39, 0.29) is 17.2 Å². The Labute approximate surface area is 211 Å². The number of fused-ring (bicyclic) bond motifs is 3. The van der Waals surface area contributed by atoms with Crippen LogP contribution in [0, 0.1) is 20.8 Å². The van der Waals surface area contributed by atoms with Crippen molar-refractivity contribution < 1.29 is 9.53 Å². The minimum Gasteiger partial charge on any atom is -0.495 e. The Hall–Kier alpha value is -4.11. The van der Waals surface area contributed by atoms with Gasteiger partial charge in [-0.2, -0.15) is 0 Å². The number of carbonyl (C=O) groups excluding carboxylic acids is 1. The highest BCUT2D eigenvalue weighted by atomic mass is 32.2. The Balaban J connectivity index is 1.58. The third kappa shape index (κ3) is 4.33. The van der Waals surface area contributed by atoms with Crippen molar-refractivity contribution in [1.82, 2.24) is 19.2 Å². The Kier molecular flexibility index (Phi) is 6.24. The van der Waals surface area contributed by atoms with Gasteiger partial charge in [-0.05, 0) is 73.9 Å². The van der Waals surface area contributed by atoms with Crippen molar-refractivity contribution in [2.24, 2.45) is 0 Å². The van der Waals surface area contributed by atoms with Crippen molar-refractivity contribution in [2.75, 3.05) is 18.2 Å². The van der Waals surface area contributed by atoms with E-state index in [4.69, 9.17) is 4.74 Å². The molecule has 8 nitrogen and oxygen atoms in total. The third-order valence-electron chi connectivity index (χ3n) is 5.81. The summed E-state index contributed by atoms with van der Waals surface area (Å²) in [7, 11) is 1.57. The molecule has 0 atom stereocenters. The Bertz CT molecular complexity index is 1670. The lowest BCUT2D eigenvalue weighted by Crippen LogP contribution is -2.22. The van der Waals surface area contributed by atoms with Gasteiger partial charge in [0.25, 0.3) is 5.56 Å². The molecule has 1 amide bonds. The number of nitrogens with zero attached hydrogens (tertiary/aromatic N) is 4. The minimum atomic E-state index is -0.224. The molecule has 0 fully saturated rings. The van der Waals surface area contributed by atoms with Gasteiger partial charge in [0, 0.05) is 5.69 Å². The average Bonchev–Trinajstić information content (AvgIpc) is 3.26. The second-order valence-corrected chi connectivity index (χ2v) is 9.61. The molecule has 0 aliphatic carbocycles. The molecule has 182 valence electrons. The molecule has 1 N–H and O–H groups in total. The highest BCUT2D eigenvalue weighted by Crippen LogP contribution is 2.28. The van der Waals surface area contributed by atoms with Crippen molar-refractivity contribution in [3.8, 4) is 11.4 Å². The fourth-order valence-electron chi connectivity index (χ4n) is 4.34. The molecule has 0 spiro atoms. The molecule has 2 aromatic heterocycles. The summed E-state index contributed by atoms with van der Waals surface area (Å²) >= 11 is 1.26. The van der Waals surface area contributed by atoms with Crippen molar-refractivity contribution >= 4 is 40.0 Å². The minimum absolute atomic E-state index is 0.134. The summed E-state index contributed by atoms with van der Waals surface area (Å²) in [4.78, 5) is 26.3. The quantitative estimate of drug-likeness (QED) is 0.341. The van der Waals surface area contributed by atoms with Crippen LogP contribution < -0.4 is 15.6 Å². The van der Waals surface area contributed by atoms with E-state index in [0.717, 1.165) is 22.4 Å². The molecule has 3 aromatic carbocycles. The molecule has 9 heteroatoms. The first-order valence-corrected chi connectivity index (χ1v) is 12.4. The maximum absolute atomic E-state index is 13.6. The zero-order chi connectivity index (χ0) is 25.4. The largest absolute Gasteiger partial charge is 0.495 e. The number of amides is 1. The normalized spacial score (nSPS) is 11.2. The molecule has 0 aliphatic heterocycles. The summed E-state index contributed by atoms with van der Waals surface area (Å²) in [6.07, 6.45) is 0. The number of hydrogen-bond acceptors (Lipinski definition) is 6. The topological polar surface area (TPSA) is 90.5 Å². The smallest absolute Gasteiger partial charge is 0.267 e. The fraction of sp³-hybridized carbons (Fsp3) is 0.185. The van der Waals surface area contributed by atoms with E-state index < -0.39 is 0 Å². The maximum atomic E-state index is 13.6. The fourth-order valence-corrected chi connectivity index (χ4v) is 5.08. The van der Waals surface area contributed by atoms with Gasteiger partial charge in [-0.3, -0.25) is 14.0 Å². The number of aryl methyl sites for hydroxylation is 3. The number of benzene rings is 3. The summed E-state index contributed by atoms with van der Waals surface area (Å²) < 4.78 is 8.88. The molecule has 0 unspecified atom stereocenters. The van der Waals surface area contributed by atoms with Crippen molar-refractivity contribution in [3.63, 3.8) is 0 Å². The zero-order valence-corrected chi connectivity index (χ0v) is 21.2. The molecule has 36 heavy (non-hydrogen) atoms. The van der Waals surface area contributed by atoms with Crippen LogP contribution in [0.4, 0.5) is 5.69 Å². The Morgan fingerprint density at radius 3 is 2.47 bits per heavy atom. The first kappa shape index (κ1) is 23.6. The van der Waals surface area contributed by atoms with E-state index in [1.165, 1.54) is 16.3 Å². The molecule has 0 saturated carbocycles. The number of carbonyl (C=O) groups is 1. The zero-order valence-electron chi connectivity index (χ0n) is 20.4. The van der Waals surface area contributed by atoms with Crippen LogP contribution in [0.1, 0.15) is 16.7 Å². The molecule has 5 aromatic rings. The first-order valence-electron chi connectivity index (χ1n) is 11.4. The van der Waals surface area contributed by atoms with Gasteiger partial charge >= 0.3 is 0 Å². The van der Waals surface area contributed by atoms with Gasteiger partial charge in [0.2, 0.25) is 11.7 Å². The van der Waals surface area contributed by atoms with Crippen LogP contribution >= 0.6 is 11.8 Å². The van der Waals surface area contributed by atoms with E-state index in [2.05, 4.69) is 21.6 Å². The number of methoxy groups -OCH3 is 1. The van der Waals surface area contributed by atoms with Gasteiger partial charge in [-0.25, -0.2) is 4.57 Å². The molecule has 5 rings (SSSR count). The van der Waals surface area contributed by atoms with E-state index in [0.29, 0.717) is 33.3 Å². The van der Waals surface area contributed by atoms with E-state index in [1.54, 1.807) is 13.2 Å². The van der Waals surface area contributed by atoms with Crippen molar-refractivity contribution in [2.45, 2.75) is 25.9 Å². The summed E-state index contributed by atoms with van der Waals surface area (Å²) in [6, 6.07) is 18.9. The second kappa shape index (κ2) is 9.50. The molecule has 0 bridgehead atoms. The SMILES string of the molecule is COc1ccc(C)cc1-n1c(=O)c2ccccc2n2c(SCC(=O)Nc3cc(C)cc(C)c3)nnc12. The number of thioether (sulfide) groups is 1. The summed E-state index contributed by atoms with van der Waals surface area (Å²) in [5, 5.41) is 12.7. The van der Waals surface area contributed by atoms with Crippen LogP contribution in [0.25, 0.3) is 22.4 Å². The Morgan fingerprint density at radius 1 is 0.972 bits per heavy atom. The number of ether oxygens (including phenoxy) is 1. The van der Waals surface area contributed by atoms with Crippen LogP contribution in [0.15, 0.2) is 70.6 Å². The molecule has 0 radical (unpaired) electrons. The van der Waals surface area contributed by atoms with Gasteiger partial charge in [-0.15, -0.1) is 10.2 Å². The second-order valence-electron chi connectivity index (χ2n) is 8.66. The van der Waals surface area contributed by atoms with E-state index in [9.17, 15) is 9.59 Å². The van der Waals surface area contributed by atoms with Gasteiger partial charge < -0.3 is 10.1 Å². The maximum Gasteiger partial charge on any atom is 0.267 e. The van der Waals surface area contributed by atoms with Gasteiger partial charge in [0.1, 0.15) is 5.75 Å². The molecule has 0 aliphatic rings. The van der Waals surface area contributed by atoms with Crippen molar-refractivity contribution in [3.05, 3.63) is 87.7 Å². The monoisotopic (exact) mass is 499 g/mol. The van der Waals surface area contributed by atoms with E-state index in [1.807, 2.05) is 73.7 Å². The predicted octanol–water partition coefficient (Wildman–Crippen LogP) is 4.70. The summed E-state index contributed by atoms with van der Waals surface area (Å²) in [6.45, 7) is 5.94. The lowest BCUT2D eigenvalue weighted by atomic mass is 10.1. The van der Waals surface area contributed by atoms with Crippen LogP contribution in [0.5, 0.6) is 5.75 Å². The average molecular weight is 500 g/mol. The first-order chi connectivity index (χ1) is 17.4. The highest BCUT2D eigenvalue weighted by molar-refractivity contribution is 7.99. The van der Waals surface area contributed by atoms with E-state index >= 15 is 0 Å². The summed E-state index contributed by atoms with van der Waals surface area (Å²) in [5.41, 5.74) is 4.92. The number of para-hydroxylation sites is 1. The number of nitrogens with one attached hydrogen (secondary N) is 1. The third-order valence-corrected chi connectivity index (χ3v) is 6.74. The van der Waals surface area contributed by atoms with Gasteiger partial charge in [0.15, 0.2) is 5.16 Å². The van der Waals surface area contributed by atoms with Crippen molar-refractivity contribution in [1.29, 1.82) is 0 Å². The molecule has 0 saturated heterocycles. The number of aromatic nitrogens is 4. The summed E-state index contributed by atoms with van der Waals surface area (Å²) in [5.74, 6) is 0.874. The molecule has 2 heterocycles. The van der Waals surface area contributed by atoms with Crippen LogP contribution in [-0.2, 0) is 4.79 Å². The van der Waals surface area contributed by atoms with Crippen LogP contribution in [0.3, 0.4) is 0 Å². The van der Waals surface area contributed by atoms with Crippen LogP contribution in [-0.4, -0.2) is 37.9 Å². The van der Waals surface area contributed by atoms with Crippen LogP contribution in [0.2, 0.25) is 0 Å². The lowest BCUT2D eigenvalue weighted by molar-refractivity contribution is -0.113. The number of rotatable bonds is 6. The highest BCUT2D eigenvalue weighted by Gasteiger charge is 2.20. The predicted molar refractivity (Wildman–Crippen MR) is 143 cm³/mol. The lowest BCUT2D eigenvalue weighted by Gasteiger charge is -2.14. The standard InChI is InChI=1S/C27H25N5O3S/c1-16-9-10-23(35-4)22(14-16)31-25(34)20-7-5-6-8-21(20)32-26(31)29-30-27(32)36-15-24(33)28-19-12-17(2)11-18(3)13-19/h5-14H,15H2,1-4H3,(H,28,33). The Morgan fingerprint density at radius 2 is 1.72 bits per heavy atom. The number of anilines is 1. The van der Waals surface area contributed by atoms with Gasteiger partial charge in [0.05, 0.1) is 29.5 Å². The molecular formula is C27H25N5O3S. The molecular weight excluding hydrogens is 474 g/mol.